The highest BCUT2D eigenvalue weighted by Gasteiger charge is 2.26. The predicted molar refractivity (Wildman–Crippen MR) is 163 cm³/mol. The van der Waals surface area contributed by atoms with Crippen LogP contribution in [-0.4, -0.2) is 65.0 Å². The molecule has 0 bridgehead atoms. The quantitative estimate of drug-likeness (QED) is 0.386. The Labute approximate surface area is 243 Å². The molecular weight excluding hydrogens is 516 g/mol. The van der Waals surface area contributed by atoms with Crippen LogP contribution in [0.5, 0.6) is 0 Å². The molecule has 0 spiro atoms. The number of hydrogen-bond acceptors (Lipinski definition) is 5. The lowest BCUT2D eigenvalue weighted by atomic mass is 9.99. The molecular formula is C33H42N4O4. The van der Waals surface area contributed by atoms with Crippen LogP contribution in [-0.2, 0) is 14.4 Å². The largest absolute Gasteiger partial charge is 0.339 e. The molecule has 2 aromatic carbocycles. The number of carbonyl (C=O) groups excluding carboxylic acids is 3. The number of likely N-dealkylation sites (tertiary alicyclic amines) is 1. The van der Waals surface area contributed by atoms with Crippen LogP contribution in [0.15, 0.2) is 53.0 Å². The average molecular weight is 559 g/mol. The van der Waals surface area contributed by atoms with Crippen molar-refractivity contribution in [1.82, 2.24) is 15.3 Å². The lowest BCUT2D eigenvalue weighted by molar-refractivity contribution is -0.138. The Hall–Kier alpha value is -3.78. The fourth-order valence-corrected chi connectivity index (χ4v) is 5.04. The standard InChI is InChI=1S/C33H42N4O4/c1-6-16-36(17-7-2)32(40)27-20-26-15-14-25(21-28(26)34-29(22-27)30(38)35-41-33(3,4)5)23-10-12-24(13-11-23)31(39)37-18-8-9-19-37/h10-15,20-21H,6-9,16-19,22H2,1-5H3,(H,35,38). The van der Waals surface area contributed by atoms with E-state index in [1.807, 2.05) is 93.0 Å². The van der Waals surface area contributed by atoms with Crippen molar-refractivity contribution < 1.29 is 19.2 Å². The number of carbonyl (C=O) groups is 3. The van der Waals surface area contributed by atoms with Crippen LogP contribution < -0.4 is 5.48 Å². The minimum absolute atomic E-state index is 0.0660. The molecule has 0 saturated carbocycles. The van der Waals surface area contributed by atoms with E-state index in [1.165, 1.54) is 0 Å². The molecule has 1 fully saturated rings. The Bertz CT molecular complexity index is 1330. The summed E-state index contributed by atoms with van der Waals surface area (Å²) in [5, 5.41) is 0. The van der Waals surface area contributed by atoms with Gasteiger partial charge in [-0.15, -0.1) is 0 Å². The molecule has 2 heterocycles. The van der Waals surface area contributed by atoms with Crippen LogP contribution in [0.1, 0.15) is 82.6 Å². The maximum Gasteiger partial charge on any atom is 0.289 e. The van der Waals surface area contributed by atoms with Crippen LogP contribution in [0.2, 0.25) is 0 Å². The maximum atomic E-state index is 13.6. The smallest absolute Gasteiger partial charge is 0.289 e. The normalized spacial score (nSPS) is 15.0. The third-order valence-electron chi connectivity index (χ3n) is 7.09. The van der Waals surface area contributed by atoms with Crippen molar-refractivity contribution in [2.75, 3.05) is 26.2 Å². The van der Waals surface area contributed by atoms with E-state index in [-0.39, 0.29) is 23.9 Å². The lowest BCUT2D eigenvalue weighted by Gasteiger charge is -2.23. The highest BCUT2D eigenvalue weighted by molar-refractivity contribution is 6.40. The second kappa shape index (κ2) is 13.3. The first-order valence-corrected chi connectivity index (χ1v) is 14.7. The summed E-state index contributed by atoms with van der Waals surface area (Å²) in [6.45, 7) is 12.6. The number of aliphatic imine (C=N–C) groups is 1. The van der Waals surface area contributed by atoms with Gasteiger partial charge in [-0.25, -0.2) is 10.5 Å². The van der Waals surface area contributed by atoms with Crippen molar-refractivity contribution in [3.63, 3.8) is 0 Å². The van der Waals surface area contributed by atoms with Gasteiger partial charge < -0.3 is 9.80 Å². The third-order valence-corrected chi connectivity index (χ3v) is 7.09. The Kier molecular flexibility index (Phi) is 9.76. The topological polar surface area (TPSA) is 91.3 Å². The van der Waals surface area contributed by atoms with Crippen molar-refractivity contribution in [1.29, 1.82) is 0 Å². The van der Waals surface area contributed by atoms with E-state index in [0.717, 1.165) is 55.5 Å². The van der Waals surface area contributed by atoms with E-state index < -0.39 is 11.5 Å². The molecule has 0 atom stereocenters. The second-order valence-corrected chi connectivity index (χ2v) is 11.7. The van der Waals surface area contributed by atoms with Gasteiger partial charge in [0.15, 0.2) is 0 Å². The predicted octanol–water partition coefficient (Wildman–Crippen LogP) is 5.94. The van der Waals surface area contributed by atoms with Crippen molar-refractivity contribution >= 4 is 35.2 Å². The molecule has 0 aliphatic carbocycles. The molecule has 3 amide bonds. The lowest BCUT2D eigenvalue weighted by Crippen LogP contribution is -2.39. The SMILES string of the molecule is CCCN(CCC)C(=O)C1=Cc2ccc(-c3ccc(C(=O)N4CCCC4)cc3)cc2N=C(C(=O)NOC(C)(C)C)C1. The number of amides is 3. The average Bonchev–Trinajstić information content (AvgIpc) is 3.42. The van der Waals surface area contributed by atoms with Gasteiger partial charge in [0, 0.05) is 49.3 Å². The number of hydrogen-bond donors (Lipinski definition) is 1. The molecule has 2 aliphatic heterocycles. The fraction of sp³-hybridized carbons (Fsp3) is 0.455. The zero-order valence-electron chi connectivity index (χ0n) is 25.0. The highest BCUT2D eigenvalue weighted by Crippen LogP contribution is 2.33. The van der Waals surface area contributed by atoms with Crippen LogP contribution in [0.3, 0.4) is 0 Å². The van der Waals surface area contributed by atoms with E-state index in [2.05, 4.69) is 5.48 Å². The van der Waals surface area contributed by atoms with Gasteiger partial charge in [0.05, 0.1) is 11.3 Å². The van der Waals surface area contributed by atoms with Gasteiger partial charge in [0.25, 0.3) is 11.8 Å². The third kappa shape index (κ3) is 7.70. The van der Waals surface area contributed by atoms with Gasteiger partial charge in [-0.05, 0) is 81.9 Å². The van der Waals surface area contributed by atoms with Crippen LogP contribution in [0.25, 0.3) is 17.2 Å². The number of hydroxylamine groups is 1. The van der Waals surface area contributed by atoms with Crippen molar-refractivity contribution in [3.8, 4) is 11.1 Å². The number of nitrogens with zero attached hydrogens (tertiary/aromatic N) is 3. The molecule has 2 aliphatic rings. The maximum absolute atomic E-state index is 13.6. The molecule has 8 nitrogen and oxygen atoms in total. The van der Waals surface area contributed by atoms with Crippen LogP contribution in [0.4, 0.5) is 5.69 Å². The van der Waals surface area contributed by atoms with Gasteiger partial charge in [-0.3, -0.25) is 19.2 Å². The van der Waals surface area contributed by atoms with E-state index in [4.69, 9.17) is 9.83 Å². The molecule has 2 aromatic rings. The van der Waals surface area contributed by atoms with Gasteiger partial charge in [0.2, 0.25) is 5.91 Å². The Balaban J connectivity index is 1.67. The first-order valence-electron chi connectivity index (χ1n) is 14.7. The van der Waals surface area contributed by atoms with Gasteiger partial charge in [0.1, 0.15) is 5.71 Å². The monoisotopic (exact) mass is 558 g/mol. The van der Waals surface area contributed by atoms with E-state index in [9.17, 15) is 14.4 Å². The summed E-state index contributed by atoms with van der Waals surface area (Å²) in [5.41, 5.74) is 6.55. The summed E-state index contributed by atoms with van der Waals surface area (Å²) in [6.07, 6.45) is 5.76. The number of nitrogens with one attached hydrogen (secondary N) is 1. The highest BCUT2D eigenvalue weighted by atomic mass is 16.7. The molecule has 1 saturated heterocycles. The van der Waals surface area contributed by atoms with E-state index in [0.29, 0.717) is 29.9 Å². The number of benzene rings is 2. The minimum atomic E-state index is -0.581. The molecule has 218 valence electrons. The van der Waals surface area contributed by atoms with Crippen molar-refractivity contribution in [2.45, 2.75) is 72.3 Å². The molecule has 41 heavy (non-hydrogen) atoms. The molecule has 0 radical (unpaired) electrons. The Morgan fingerprint density at radius 1 is 0.951 bits per heavy atom. The summed E-state index contributed by atoms with van der Waals surface area (Å²) in [6, 6.07) is 13.4. The number of rotatable bonds is 9. The molecule has 4 rings (SSSR count). The van der Waals surface area contributed by atoms with Crippen LogP contribution in [0, 0.1) is 0 Å². The zero-order valence-corrected chi connectivity index (χ0v) is 25.0. The summed E-state index contributed by atoms with van der Waals surface area (Å²) >= 11 is 0. The van der Waals surface area contributed by atoms with Gasteiger partial charge >= 0.3 is 0 Å². The first kappa shape index (κ1) is 30.2. The minimum Gasteiger partial charge on any atom is -0.339 e. The Morgan fingerprint density at radius 2 is 1.59 bits per heavy atom. The van der Waals surface area contributed by atoms with Crippen molar-refractivity contribution in [2.24, 2.45) is 4.99 Å². The van der Waals surface area contributed by atoms with Gasteiger partial charge in [-0.2, -0.15) is 0 Å². The fourth-order valence-electron chi connectivity index (χ4n) is 5.04. The molecule has 0 unspecified atom stereocenters. The first-order chi connectivity index (χ1) is 19.6. The summed E-state index contributed by atoms with van der Waals surface area (Å²) < 4.78 is 0. The van der Waals surface area contributed by atoms with Crippen LogP contribution >= 0.6 is 0 Å². The molecule has 0 aromatic heterocycles. The summed E-state index contributed by atoms with van der Waals surface area (Å²) in [7, 11) is 0. The Morgan fingerprint density at radius 3 is 2.20 bits per heavy atom. The molecule has 8 heteroatoms. The zero-order chi connectivity index (χ0) is 29.6. The van der Waals surface area contributed by atoms with Crippen molar-refractivity contribution in [3.05, 3.63) is 59.2 Å². The van der Waals surface area contributed by atoms with E-state index >= 15 is 0 Å². The molecule has 1 N–H and O–H groups in total. The number of fused-ring (bicyclic) bond motifs is 1. The second-order valence-electron chi connectivity index (χ2n) is 11.7. The van der Waals surface area contributed by atoms with Gasteiger partial charge in [-0.1, -0.05) is 38.1 Å². The van der Waals surface area contributed by atoms with E-state index in [1.54, 1.807) is 0 Å². The summed E-state index contributed by atoms with van der Waals surface area (Å²) in [4.78, 5) is 53.6. The summed E-state index contributed by atoms with van der Waals surface area (Å²) in [5.74, 6) is -0.489.